The fraction of sp³-hybridized carbons (Fsp3) is 0.933. The summed E-state index contributed by atoms with van der Waals surface area (Å²) in [6, 6.07) is 0. The SMILES string of the molecule is CCNC(=NCCCOCCOC)NCCCC(C)C.I. The second-order valence-electron chi connectivity index (χ2n) is 5.18. The Morgan fingerprint density at radius 1 is 1.10 bits per heavy atom. The predicted molar refractivity (Wildman–Crippen MR) is 101 cm³/mol. The van der Waals surface area contributed by atoms with Gasteiger partial charge in [-0.1, -0.05) is 13.8 Å². The van der Waals surface area contributed by atoms with Crippen molar-refractivity contribution < 1.29 is 9.47 Å². The number of hydrogen-bond donors (Lipinski definition) is 2. The molecule has 0 bridgehead atoms. The molecule has 0 aromatic rings. The average molecular weight is 415 g/mol. The molecule has 0 fully saturated rings. The zero-order valence-corrected chi connectivity index (χ0v) is 16.4. The fourth-order valence-electron chi connectivity index (χ4n) is 1.66. The first-order valence-electron chi connectivity index (χ1n) is 7.79. The van der Waals surface area contributed by atoms with Crippen molar-refractivity contribution in [3.63, 3.8) is 0 Å². The molecule has 0 atom stereocenters. The highest BCUT2D eigenvalue weighted by Crippen LogP contribution is 2.01. The lowest BCUT2D eigenvalue weighted by molar-refractivity contribution is 0.0702. The van der Waals surface area contributed by atoms with Gasteiger partial charge in [0.15, 0.2) is 5.96 Å². The molecule has 5 nitrogen and oxygen atoms in total. The van der Waals surface area contributed by atoms with Crippen molar-refractivity contribution in [1.29, 1.82) is 0 Å². The Morgan fingerprint density at radius 3 is 2.48 bits per heavy atom. The van der Waals surface area contributed by atoms with E-state index in [-0.39, 0.29) is 24.0 Å². The molecule has 0 unspecified atom stereocenters. The molecule has 0 spiro atoms. The summed E-state index contributed by atoms with van der Waals surface area (Å²) in [5, 5.41) is 6.63. The molecule has 0 amide bonds. The van der Waals surface area contributed by atoms with Gasteiger partial charge in [0.25, 0.3) is 0 Å². The first kappa shape index (κ1) is 23.2. The van der Waals surface area contributed by atoms with E-state index in [9.17, 15) is 0 Å². The molecule has 0 heterocycles. The normalized spacial score (nSPS) is 11.4. The third kappa shape index (κ3) is 17.9. The molecule has 0 saturated heterocycles. The van der Waals surface area contributed by atoms with Crippen LogP contribution in [0.3, 0.4) is 0 Å². The van der Waals surface area contributed by atoms with E-state index in [1.165, 1.54) is 12.8 Å². The average Bonchev–Trinajstić information content (AvgIpc) is 2.42. The van der Waals surface area contributed by atoms with Crippen molar-refractivity contribution in [2.24, 2.45) is 10.9 Å². The minimum absolute atomic E-state index is 0. The largest absolute Gasteiger partial charge is 0.382 e. The van der Waals surface area contributed by atoms with Crippen LogP contribution in [0.15, 0.2) is 4.99 Å². The maximum Gasteiger partial charge on any atom is 0.191 e. The van der Waals surface area contributed by atoms with Gasteiger partial charge in [0.05, 0.1) is 13.2 Å². The molecule has 128 valence electrons. The van der Waals surface area contributed by atoms with Gasteiger partial charge in [-0.15, -0.1) is 24.0 Å². The van der Waals surface area contributed by atoms with Gasteiger partial charge in [-0.25, -0.2) is 0 Å². The molecular formula is C15H34IN3O2. The van der Waals surface area contributed by atoms with Gasteiger partial charge in [0.1, 0.15) is 0 Å². The summed E-state index contributed by atoms with van der Waals surface area (Å²) in [5.41, 5.74) is 0. The highest BCUT2D eigenvalue weighted by atomic mass is 127. The lowest BCUT2D eigenvalue weighted by Crippen LogP contribution is -2.38. The highest BCUT2D eigenvalue weighted by molar-refractivity contribution is 14.0. The Labute approximate surface area is 147 Å². The third-order valence-corrected chi connectivity index (χ3v) is 2.74. The number of hydrogen-bond acceptors (Lipinski definition) is 3. The highest BCUT2D eigenvalue weighted by Gasteiger charge is 1.98. The third-order valence-electron chi connectivity index (χ3n) is 2.74. The van der Waals surface area contributed by atoms with Crippen LogP contribution in [-0.2, 0) is 9.47 Å². The van der Waals surface area contributed by atoms with Crippen LogP contribution in [0.1, 0.15) is 40.0 Å². The molecule has 0 aliphatic heterocycles. The lowest BCUT2D eigenvalue weighted by Gasteiger charge is -2.12. The molecule has 0 aliphatic carbocycles. The van der Waals surface area contributed by atoms with Crippen molar-refractivity contribution in [2.45, 2.75) is 40.0 Å². The minimum atomic E-state index is 0. The Balaban J connectivity index is 0. The van der Waals surface area contributed by atoms with Crippen molar-refractivity contribution in [3.8, 4) is 0 Å². The minimum Gasteiger partial charge on any atom is -0.382 e. The van der Waals surface area contributed by atoms with E-state index >= 15 is 0 Å². The van der Waals surface area contributed by atoms with Crippen LogP contribution in [0.25, 0.3) is 0 Å². The molecule has 2 N–H and O–H groups in total. The number of nitrogens with one attached hydrogen (secondary N) is 2. The van der Waals surface area contributed by atoms with E-state index in [0.717, 1.165) is 44.5 Å². The maximum absolute atomic E-state index is 5.41. The van der Waals surface area contributed by atoms with Gasteiger partial charge in [0.2, 0.25) is 0 Å². The number of guanidine groups is 1. The summed E-state index contributed by atoms with van der Waals surface area (Å²) in [6.45, 7) is 11.3. The van der Waals surface area contributed by atoms with Gasteiger partial charge >= 0.3 is 0 Å². The maximum atomic E-state index is 5.41. The first-order chi connectivity index (χ1) is 9.70. The first-order valence-corrected chi connectivity index (χ1v) is 7.79. The number of ether oxygens (including phenoxy) is 2. The predicted octanol–water partition coefficient (Wildman–Crippen LogP) is 2.65. The van der Waals surface area contributed by atoms with E-state index < -0.39 is 0 Å². The van der Waals surface area contributed by atoms with Crippen LogP contribution < -0.4 is 10.6 Å². The summed E-state index contributed by atoms with van der Waals surface area (Å²) in [4.78, 5) is 4.53. The van der Waals surface area contributed by atoms with E-state index in [0.29, 0.717) is 13.2 Å². The lowest BCUT2D eigenvalue weighted by atomic mass is 10.1. The van der Waals surface area contributed by atoms with Crippen molar-refractivity contribution in [2.75, 3.05) is 46.6 Å². The summed E-state index contributed by atoms with van der Waals surface area (Å²) >= 11 is 0. The second kappa shape index (κ2) is 18.0. The molecule has 0 radical (unpaired) electrons. The van der Waals surface area contributed by atoms with Gasteiger partial charge in [-0.3, -0.25) is 4.99 Å². The Kier molecular flexibility index (Phi) is 19.8. The van der Waals surface area contributed by atoms with E-state index in [4.69, 9.17) is 9.47 Å². The smallest absolute Gasteiger partial charge is 0.191 e. The summed E-state index contributed by atoms with van der Waals surface area (Å²) in [7, 11) is 1.68. The quantitative estimate of drug-likeness (QED) is 0.223. The van der Waals surface area contributed by atoms with E-state index in [1.54, 1.807) is 7.11 Å². The molecule has 0 aromatic heterocycles. The van der Waals surface area contributed by atoms with Gasteiger partial charge in [-0.2, -0.15) is 0 Å². The van der Waals surface area contributed by atoms with Crippen molar-refractivity contribution >= 4 is 29.9 Å². The van der Waals surface area contributed by atoms with Gasteiger partial charge in [0, 0.05) is 33.4 Å². The summed E-state index contributed by atoms with van der Waals surface area (Å²) < 4.78 is 10.3. The van der Waals surface area contributed by atoms with E-state index in [1.807, 2.05) is 0 Å². The van der Waals surface area contributed by atoms with Crippen LogP contribution in [0.4, 0.5) is 0 Å². The van der Waals surface area contributed by atoms with Crippen LogP contribution in [0.2, 0.25) is 0 Å². The van der Waals surface area contributed by atoms with Gasteiger partial charge < -0.3 is 20.1 Å². The van der Waals surface area contributed by atoms with Crippen LogP contribution in [0, 0.1) is 5.92 Å². The molecule has 21 heavy (non-hydrogen) atoms. The fourth-order valence-corrected chi connectivity index (χ4v) is 1.66. The number of aliphatic imine (C=N–C) groups is 1. The monoisotopic (exact) mass is 415 g/mol. The number of methoxy groups -OCH3 is 1. The standard InChI is InChI=1S/C15H33N3O2.HI/c1-5-16-15(17-9-6-8-14(2)3)18-10-7-11-20-13-12-19-4;/h14H,5-13H2,1-4H3,(H2,16,17,18);1H. The number of rotatable bonds is 12. The Morgan fingerprint density at radius 2 is 1.86 bits per heavy atom. The summed E-state index contributed by atoms with van der Waals surface area (Å²) in [6.07, 6.45) is 3.37. The molecule has 6 heteroatoms. The van der Waals surface area contributed by atoms with Crippen molar-refractivity contribution in [3.05, 3.63) is 0 Å². The van der Waals surface area contributed by atoms with Crippen LogP contribution in [0.5, 0.6) is 0 Å². The molecule has 0 aromatic carbocycles. The topological polar surface area (TPSA) is 54.9 Å². The zero-order chi connectivity index (χ0) is 15.1. The van der Waals surface area contributed by atoms with Crippen molar-refractivity contribution in [1.82, 2.24) is 10.6 Å². The molecular weight excluding hydrogens is 381 g/mol. The molecule has 0 aliphatic rings. The second-order valence-corrected chi connectivity index (χ2v) is 5.18. The number of halogens is 1. The Hall–Kier alpha value is -0.0800. The Bertz CT molecular complexity index is 239. The zero-order valence-electron chi connectivity index (χ0n) is 14.1. The molecule has 0 saturated carbocycles. The number of nitrogens with zero attached hydrogens (tertiary/aromatic N) is 1. The molecule has 0 rings (SSSR count). The van der Waals surface area contributed by atoms with E-state index in [2.05, 4.69) is 36.4 Å². The van der Waals surface area contributed by atoms with Crippen LogP contribution in [-0.4, -0.2) is 52.5 Å². The van der Waals surface area contributed by atoms with Crippen LogP contribution >= 0.6 is 24.0 Å². The summed E-state index contributed by atoms with van der Waals surface area (Å²) in [5.74, 6) is 1.67. The van der Waals surface area contributed by atoms with Gasteiger partial charge in [-0.05, 0) is 32.1 Å².